The molecule has 3 fully saturated rings. The third-order valence-corrected chi connectivity index (χ3v) is 23.7. The van der Waals surface area contributed by atoms with Crippen LogP contribution in [0.5, 0.6) is 0 Å². The van der Waals surface area contributed by atoms with Crippen LogP contribution in [-0.2, 0) is 126 Å². The van der Waals surface area contributed by atoms with Gasteiger partial charge in [0.15, 0.2) is 11.6 Å². The highest BCUT2D eigenvalue weighted by molar-refractivity contribution is 5.96. The number of esters is 7. The maximum absolute atomic E-state index is 12.7. The minimum Gasteiger partial charge on any atom is -0.469 e. The van der Waals surface area contributed by atoms with Crippen LogP contribution in [0.25, 0.3) is 0 Å². The summed E-state index contributed by atoms with van der Waals surface area (Å²) in [6.45, 7) is 57.2. The van der Waals surface area contributed by atoms with Crippen LogP contribution in [0.2, 0.25) is 0 Å². The fourth-order valence-corrected chi connectivity index (χ4v) is 15.0. The zero-order valence-corrected chi connectivity index (χ0v) is 92.0. The van der Waals surface area contributed by atoms with Crippen LogP contribution >= 0.6 is 0 Å². The number of hydrogen-bond acceptors (Lipinski definition) is 29. The van der Waals surface area contributed by atoms with Crippen LogP contribution in [-0.4, -0.2) is 228 Å². The van der Waals surface area contributed by atoms with Gasteiger partial charge in [0.1, 0.15) is 47.3 Å². The number of primary amides is 2. The van der Waals surface area contributed by atoms with Gasteiger partial charge in [-0.25, -0.2) is 4.79 Å². The normalized spacial score (nSPS) is 15.2. The largest absolute Gasteiger partial charge is 0.469 e. The summed E-state index contributed by atoms with van der Waals surface area (Å²) in [4.78, 5) is 215. The first-order chi connectivity index (χ1) is 65.5. The number of morpholine rings is 1. The van der Waals surface area contributed by atoms with Crippen molar-refractivity contribution in [3.63, 3.8) is 0 Å². The second-order valence-corrected chi connectivity index (χ2v) is 43.7. The van der Waals surface area contributed by atoms with E-state index in [0.29, 0.717) is 18.8 Å². The molecule has 0 radical (unpaired) electrons. The van der Waals surface area contributed by atoms with Crippen molar-refractivity contribution in [2.24, 2.45) is 103 Å². The highest BCUT2D eigenvalue weighted by atomic mass is 16.5. The number of urea groups is 1. The molecule has 1 aliphatic heterocycles. The van der Waals surface area contributed by atoms with Gasteiger partial charge in [-0.3, -0.25) is 91.3 Å². The number of ether oxygens (including phenoxy) is 8. The molecule has 2 aliphatic carbocycles. The number of nitrogens with one attached hydrogen (secondary N) is 2. The number of hydrogen-bond donors (Lipinski definition) is 5. The molecule has 2 aromatic rings. The number of carbonyl (C=O) groups excluding carboxylic acids is 18. The monoisotopic (exact) mass is 2010 g/mol. The number of aliphatic hydroxyl groups is 1. The third kappa shape index (κ3) is 58.0. The SMILES string of the molecule is C=CCC(CC(=O)OC)C(=O)C(C)(C)C.CC(C)(C)C(=O)C(NC(=O)NC1CCCC1)c1ccccc1.CCN(CC)C(CC(N)=O)C(=O)C(C)(C)C.COC(=O)CC(C(=O)C(C)(C)C)C(C)CO.COC(=O)CC(C(=O)C(C)(C)C)C1CC1.COC(=O)CC(CC(=O)OCc1ccccc1)C(=O)C(C)(C)C.COC(=O)CC(CC(N)=O)C(=O)C(C)(C)C.COC(=O)CC(CCN1CCOCC1)C(=O)C(C)C. The van der Waals surface area contributed by atoms with Crippen molar-refractivity contribution in [2.45, 2.75) is 314 Å². The average Bonchev–Trinajstić information content (AvgIpc) is 1.66. The molecule has 142 heavy (non-hydrogen) atoms. The first-order valence-corrected chi connectivity index (χ1v) is 49.4. The highest BCUT2D eigenvalue weighted by Gasteiger charge is 2.43. The quantitative estimate of drug-likeness (QED) is 0.0234. The molecule has 1 saturated heterocycles. The van der Waals surface area contributed by atoms with Crippen LogP contribution < -0.4 is 22.1 Å². The molecule has 33 heteroatoms. The molecule has 2 aromatic carbocycles. The Labute approximate surface area is 847 Å². The first kappa shape index (κ1) is 136. The van der Waals surface area contributed by atoms with Gasteiger partial charge >= 0.3 is 47.8 Å². The van der Waals surface area contributed by atoms with Crippen molar-refractivity contribution < 1.29 is 129 Å². The zero-order chi connectivity index (χ0) is 110. The Bertz CT molecular complexity index is 4250. The highest BCUT2D eigenvalue weighted by Crippen LogP contribution is 2.42. The molecule has 0 spiro atoms. The van der Waals surface area contributed by atoms with Gasteiger partial charge < -0.3 is 65.1 Å². The number of ketones is 8. The lowest BCUT2D eigenvalue weighted by Crippen LogP contribution is -2.47. The average molecular weight is 2010 g/mol. The summed E-state index contributed by atoms with van der Waals surface area (Å²) in [6, 6.07) is 17.7. The summed E-state index contributed by atoms with van der Waals surface area (Å²) in [7, 11) is 7.86. The van der Waals surface area contributed by atoms with E-state index in [4.69, 9.17) is 26.0 Å². The number of nitrogens with zero attached hydrogens (tertiary/aromatic N) is 2. The number of allylic oxidation sites excluding steroid dienone is 1. The van der Waals surface area contributed by atoms with Gasteiger partial charge in [0, 0.05) is 118 Å². The summed E-state index contributed by atoms with van der Waals surface area (Å²) < 4.78 is 38.0. The Morgan fingerprint density at radius 1 is 0.458 bits per heavy atom. The Hall–Kier alpha value is -10.1. The molecular weight excluding hydrogens is 1830 g/mol. The van der Waals surface area contributed by atoms with E-state index in [1.54, 1.807) is 54.5 Å². The minimum absolute atomic E-state index is 0.0141. The second kappa shape index (κ2) is 67.5. The first-order valence-electron chi connectivity index (χ1n) is 49.4. The number of nitrogens with two attached hydrogens (primary N) is 2. The number of likely N-dealkylation sites (N-methyl/N-ethyl adjacent to an activating group) is 1. The van der Waals surface area contributed by atoms with E-state index in [2.05, 4.69) is 50.5 Å². The van der Waals surface area contributed by atoms with E-state index in [1.807, 2.05) is 197 Å². The van der Waals surface area contributed by atoms with Gasteiger partial charge in [-0.15, -0.1) is 6.58 Å². The molecule has 2 saturated carbocycles. The van der Waals surface area contributed by atoms with Crippen molar-refractivity contribution >= 4 is 106 Å². The molecule has 4 amide bonds. The predicted molar refractivity (Wildman–Crippen MR) is 546 cm³/mol. The van der Waals surface area contributed by atoms with E-state index in [-0.39, 0.29) is 188 Å². The van der Waals surface area contributed by atoms with Crippen molar-refractivity contribution in [3.8, 4) is 0 Å². The molecule has 5 rings (SSSR count). The Balaban J connectivity index is -0.00000156. The van der Waals surface area contributed by atoms with Crippen molar-refractivity contribution in [2.75, 3.05) is 95.2 Å². The number of amides is 4. The van der Waals surface area contributed by atoms with Gasteiger partial charge in [-0.05, 0) is 81.1 Å². The predicted octanol–water partition coefficient (Wildman–Crippen LogP) is 15.4. The van der Waals surface area contributed by atoms with Crippen LogP contribution in [0.4, 0.5) is 4.79 Å². The van der Waals surface area contributed by atoms with Crippen molar-refractivity contribution in [1.29, 1.82) is 0 Å². The molecule has 9 atom stereocenters. The van der Waals surface area contributed by atoms with Gasteiger partial charge in [-0.1, -0.05) is 260 Å². The molecule has 7 N–H and O–H groups in total. The van der Waals surface area contributed by atoms with Gasteiger partial charge in [0.2, 0.25) is 11.8 Å². The summed E-state index contributed by atoms with van der Waals surface area (Å²) in [5.41, 5.74) is 8.44. The summed E-state index contributed by atoms with van der Waals surface area (Å²) in [5, 5.41) is 15.0. The van der Waals surface area contributed by atoms with E-state index >= 15 is 0 Å². The zero-order valence-electron chi connectivity index (χ0n) is 92.0. The molecule has 0 aromatic heterocycles. The van der Waals surface area contributed by atoms with Crippen LogP contribution in [0.1, 0.15) is 306 Å². The number of rotatable bonds is 43. The van der Waals surface area contributed by atoms with Gasteiger partial charge in [0.05, 0.1) is 107 Å². The number of benzene rings is 2. The van der Waals surface area contributed by atoms with Crippen LogP contribution in [0, 0.1) is 91.2 Å². The number of methoxy groups -OCH3 is 6. The van der Waals surface area contributed by atoms with Crippen LogP contribution in [0.3, 0.4) is 0 Å². The lowest BCUT2D eigenvalue weighted by Gasteiger charge is -2.32. The second-order valence-electron chi connectivity index (χ2n) is 43.7. The molecule has 1 heterocycles. The summed E-state index contributed by atoms with van der Waals surface area (Å²) >= 11 is 0. The minimum atomic E-state index is -0.731. The summed E-state index contributed by atoms with van der Waals surface area (Å²) in [6.07, 6.45) is 9.67. The van der Waals surface area contributed by atoms with Crippen LogP contribution in [0.15, 0.2) is 73.3 Å². The Morgan fingerprint density at radius 2 is 0.824 bits per heavy atom. The number of Topliss-reactive ketones (excluding diaryl/α,β-unsaturated/α-hetero) is 8. The topological polar surface area (TPSA) is 484 Å². The van der Waals surface area contributed by atoms with Gasteiger partial charge in [-0.2, -0.15) is 0 Å². The van der Waals surface area contributed by atoms with E-state index < -0.39 is 92.0 Å². The molecule has 33 nitrogen and oxygen atoms in total. The van der Waals surface area contributed by atoms with E-state index in [1.165, 1.54) is 42.7 Å². The standard InChI is InChI=1S/C18H26N2O2.C18H24O5.C14H25NO4.C12H24N2O2.C12H22O4.2C12H20O3.C11H19NO4/c1-18(2,3)16(21)15(13-9-5-4-6-10-13)20-17(22)19-14-11-7-8-12-14;1-18(2,3)17(21)14(10-15(19)22-4)11-16(20)23-12-13-8-6-5-7-9-13;1-11(2)14(17)12(10-13(16)18-3)4-5-15-6-8-19-9-7-15;1-6-14(7-2)9(8-10(13)15)11(16)12(3,4)5;1-8(7-13)9(6-10(14)16-5)11(15)12(2,3)4;1-12(2,3)11(14)9(8-5-6-8)7-10(13)15-4;1-6-7-9(8-10(13)15-5)11(14)12(2,3)4;1-11(2,3)10(15)7(5-8(12)13)6-9(14)16-4/h4-6,9-10,14-15H,7-8,11-12H2,1-3H3,(H2,19,20,22);5-9,14H,10-12H2,1-4H3;11-12H,4-10H2,1-3H3;9H,6-8H2,1-5H3,(H2,13,15);8-9,13H,6-7H2,1-5H3;8-9H,5-7H2,1-4H3;6,9H,1,7-8H2,2-5H3;7H,5-6H2,1-4H3,(H2,12,13). The maximum Gasteiger partial charge on any atom is 0.315 e. The van der Waals surface area contributed by atoms with Crippen molar-refractivity contribution in [1.82, 2.24) is 20.4 Å². The molecular formula is C109H180N6O27. The maximum atomic E-state index is 12.7. The lowest BCUT2D eigenvalue weighted by molar-refractivity contribution is -0.151. The number of carbonyl (C=O) groups is 18. The summed E-state index contributed by atoms with van der Waals surface area (Å²) in [5.74, 6) is -6.11. The Kier molecular flexibility index (Phi) is 64.6. The lowest BCUT2D eigenvalue weighted by atomic mass is 9.76. The Morgan fingerprint density at radius 3 is 1.19 bits per heavy atom. The fraction of sp³-hybridized carbons (Fsp3) is 0.706. The molecule has 808 valence electrons. The third-order valence-electron chi connectivity index (χ3n) is 23.7. The fourth-order valence-electron chi connectivity index (χ4n) is 15.0. The van der Waals surface area contributed by atoms with Gasteiger partial charge in [0.25, 0.3) is 0 Å². The smallest absolute Gasteiger partial charge is 0.315 e. The molecule has 0 bridgehead atoms. The van der Waals surface area contributed by atoms with Crippen molar-refractivity contribution in [3.05, 3.63) is 84.4 Å². The molecule has 9 unspecified atom stereocenters. The van der Waals surface area contributed by atoms with E-state index in [9.17, 15) is 86.3 Å². The molecule has 3 aliphatic rings. The van der Waals surface area contributed by atoms with E-state index in [0.717, 1.165) is 95.6 Å². The number of aliphatic hydroxyl groups excluding tert-OH is 1.